The number of halogens is 3. The molecule has 37 heavy (non-hydrogen) atoms. The summed E-state index contributed by atoms with van der Waals surface area (Å²) in [7, 11) is 0. The molecule has 0 aliphatic carbocycles. The van der Waals surface area contributed by atoms with E-state index in [1.54, 1.807) is 19.1 Å². The van der Waals surface area contributed by atoms with E-state index in [1.807, 2.05) is 24.0 Å². The van der Waals surface area contributed by atoms with Gasteiger partial charge in [0.2, 0.25) is 5.88 Å². The molecule has 0 amide bonds. The maximum atomic E-state index is 13.8. The molecule has 2 N–H and O–H groups in total. The van der Waals surface area contributed by atoms with E-state index >= 15 is 0 Å². The normalized spacial score (nSPS) is 14.0. The van der Waals surface area contributed by atoms with E-state index in [-0.39, 0.29) is 33.7 Å². The Hall–Kier alpha value is -4.27. The summed E-state index contributed by atoms with van der Waals surface area (Å²) in [6, 6.07) is 14.3. The first kappa shape index (κ1) is 24.4. The maximum Gasteiger partial charge on any atom is 0.416 e. The Morgan fingerprint density at radius 2 is 1.78 bits per heavy atom. The fourth-order valence-corrected chi connectivity index (χ4v) is 4.70. The Bertz CT molecular complexity index is 1590. The van der Waals surface area contributed by atoms with Crippen molar-refractivity contribution in [1.29, 1.82) is 0 Å². The van der Waals surface area contributed by atoms with Crippen LogP contribution in [0.2, 0.25) is 0 Å². The number of hydrogen-bond acceptors (Lipinski definition) is 5. The van der Waals surface area contributed by atoms with Crippen LogP contribution in [0.3, 0.4) is 0 Å². The molecule has 0 unspecified atom stereocenters. The van der Waals surface area contributed by atoms with Gasteiger partial charge in [-0.3, -0.25) is 4.79 Å². The van der Waals surface area contributed by atoms with Gasteiger partial charge in [0, 0.05) is 30.4 Å². The molecule has 0 radical (unpaired) electrons. The van der Waals surface area contributed by atoms with Crippen LogP contribution in [0.4, 0.5) is 24.7 Å². The van der Waals surface area contributed by atoms with Gasteiger partial charge < -0.3 is 19.7 Å². The van der Waals surface area contributed by atoms with E-state index < -0.39 is 29.2 Å². The summed E-state index contributed by atoms with van der Waals surface area (Å²) in [6.45, 7) is 4.58. The van der Waals surface area contributed by atoms with Gasteiger partial charge in [0.1, 0.15) is 5.58 Å². The lowest BCUT2D eigenvalue weighted by atomic mass is 10.00. The predicted octanol–water partition coefficient (Wildman–Crippen LogP) is 6.51. The van der Waals surface area contributed by atoms with Gasteiger partial charge in [0.05, 0.1) is 22.6 Å². The number of rotatable bonds is 5. The lowest BCUT2D eigenvalue weighted by molar-refractivity contribution is -0.137. The number of benzene rings is 3. The molecule has 0 bridgehead atoms. The summed E-state index contributed by atoms with van der Waals surface area (Å²) in [4.78, 5) is 26.6. The number of anilines is 2. The smallest absolute Gasteiger partial charge is 0.416 e. The Labute approximate surface area is 210 Å². The van der Waals surface area contributed by atoms with E-state index in [0.717, 1.165) is 28.8 Å². The molecule has 0 fully saturated rings. The molecule has 1 atom stereocenters. The van der Waals surface area contributed by atoms with E-state index in [2.05, 4.69) is 11.4 Å². The monoisotopic (exact) mass is 508 g/mol. The van der Waals surface area contributed by atoms with Crippen molar-refractivity contribution in [2.45, 2.75) is 39.2 Å². The largest absolute Gasteiger partial charge is 0.478 e. The quantitative estimate of drug-likeness (QED) is 0.320. The molecule has 9 heteroatoms. The number of hydrogen-bond donors (Lipinski definition) is 2. The van der Waals surface area contributed by atoms with Gasteiger partial charge in [0.25, 0.3) is 0 Å². The molecule has 1 aromatic heterocycles. The second-order valence-corrected chi connectivity index (χ2v) is 9.23. The highest BCUT2D eigenvalue weighted by Crippen LogP contribution is 2.37. The van der Waals surface area contributed by atoms with Crippen LogP contribution in [0.15, 0.2) is 69.9 Å². The molecule has 0 saturated carbocycles. The van der Waals surface area contributed by atoms with Crippen molar-refractivity contribution in [3.05, 3.63) is 104 Å². The number of aromatic carboxylic acids is 1. The summed E-state index contributed by atoms with van der Waals surface area (Å²) in [5.74, 6) is -0.924. The molecular weight excluding hydrogens is 485 g/mol. The maximum absolute atomic E-state index is 13.8. The van der Waals surface area contributed by atoms with Gasteiger partial charge in [-0.05, 0) is 49.2 Å². The number of carbonyl (C=O) groups is 1. The number of nitrogens with zero attached hydrogens (tertiary/aromatic N) is 1. The van der Waals surface area contributed by atoms with Gasteiger partial charge in [-0.1, -0.05) is 35.9 Å². The van der Waals surface area contributed by atoms with Crippen molar-refractivity contribution in [1.82, 2.24) is 0 Å². The zero-order valence-corrected chi connectivity index (χ0v) is 20.0. The van der Waals surface area contributed by atoms with Crippen LogP contribution in [0.5, 0.6) is 0 Å². The number of carboxylic acid groups (broad SMARTS) is 1. The lowest BCUT2D eigenvalue weighted by Gasteiger charge is -2.22. The standard InChI is InChI=1S/C28H23F3N2O4/c1-15-7-8-17-13-33(14-18(17)9-15)25-12-24(34)22-11-19(28(29,30)31)10-21(26(22)37-25)16(2)32-23-6-4-3-5-20(23)27(35)36/h3-12,16,32H,13-14H2,1-2H3,(H,35,36)/t16-/m1/s1. The van der Waals surface area contributed by atoms with Crippen LogP contribution in [-0.4, -0.2) is 11.1 Å². The van der Waals surface area contributed by atoms with Crippen molar-refractivity contribution < 1.29 is 27.5 Å². The molecule has 5 rings (SSSR count). The molecule has 1 aliphatic rings. The second kappa shape index (κ2) is 8.99. The highest BCUT2D eigenvalue weighted by molar-refractivity contribution is 5.94. The van der Waals surface area contributed by atoms with Crippen molar-refractivity contribution in [3.63, 3.8) is 0 Å². The summed E-state index contributed by atoms with van der Waals surface area (Å²) >= 11 is 0. The number of nitrogens with one attached hydrogen (secondary N) is 1. The first-order valence-electron chi connectivity index (χ1n) is 11.6. The number of carboxylic acids is 1. The van der Waals surface area contributed by atoms with E-state index in [9.17, 15) is 27.9 Å². The second-order valence-electron chi connectivity index (χ2n) is 9.23. The third-order valence-corrected chi connectivity index (χ3v) is 6.56. The van der Waals surface area contributed by atoms with Crippen LogP contribution < -0.4 is 15.6 Å². The van der Waals surface area contributed by atoms with Gasteiger partial charge in [-0.2, -0.15) is 13.2 Å². The number of alkyl halides is 3. The summed E-state index contributed by atoms with van der Waals surface area (Å²) in [6.07, 6.45) is -4.69. The summed E-state index contributed by atoms with van der Waals surface area (Å²) in [5, 5.41) is 12.3. The van der Waals surface area contributed by atoms with Crippen molar-refractivity contribution in [2.75, 3.05) is 10.2 Å². The Kier molecular flexibility index (Phi) is 5.94. The number of aryl methyl sites for hydroxylation is 1. The summed E-state index contributed by atoms with van der Waals surface area (Å²) < 4.78 is 47.4. The molecule has 190 valence electrons. The van der Waals surface area contributed by atoms with Crippen LogP contribution in [-0.2, 0) is 19.3 Å². The lowest BCUT2D eigenvalue weighted by Crippen LogP contribution is -2.18. The molecule has 0 spiro atoms. The van der Waals surface area contributed by atoms with E-state index in [1.165, 1.54) is 18.2 Å². The topological polar surface area (TPSA) is 82.8 Å². The molecule has 0 saturated heterocycles. The molecule has 2 heterocycles. The molecule has 4 aromatic rings. The SMILES string of the molecule is Cc1ccc2c(c1)CN(c1cc(=O)c3cc(C(F)(F)F)cc([C@@H](C)Nc4ccccc4C(=O)O)c3o1)C2. The molecule has 6 nitrogen and oxygen atoms in total. The summed E-state index contributed by atoms with van der Waals surface area (Å²) in [5.41, 5.74) is 2.02. The fraction of sp³-hybridized carbons (Fsp3) is 0.214. The third kappa shape index (κ3) is 4.64. The van der Waals surface area contributed by atoms with Crippen LogP contribution in [0.1, 0.15) is 51.1 Å². The first-order chi connectivity index (χ1) is 17.5. The van der Waals surface area contributed by atoms with Crippen LogP contribution in [0.25, 0.3) is 11.0 Å². The minimum atomic E-state index is -4.69. The molecule has 1 aliphatic heterocycles. The fourth-order valence-electron chi connectivity index (χ4n) is 4.70. The Morgan fingerprint density at radius 1 is 1.05 bits per heavy atom. The zero-order valence-electron chi connectivity index (χ0n) is 20.0. The zero-order chi connectivity index (χ0) is 26.5. The van der Waals surface area contributed by atoms with E-state index in [0.29, 0.717) is 13.1 Å². The van der Waals surface area contributed by atoms with Gasteiger partial charge in [-0.25, -0.2) is 4.79 Å². The van der Waals surface area contributed by atoms with Gasteiger partial charge >= 0.3 is 12.1 Å². The van der Waals surface area contributed by atoms with Crippen LogP contribution >= 0.6 is 0 Å². The number of fused-ring (bicyclic) bond motifs is 2. The number of para-hydroxylation sites is 1. The van der Waals surface area contributed by atoms with Crippen molar-refractivity contribution >= 4 is 28.5 Å². The minimum Gasteiger partial charge on any atom is -0.478 e. The highest BCUT2D eigenvalue weighted by atomic mass is 19.4. The Balaban J connectivity index is 1.62. The third-order valence-electron chi connectivity index (χ3n) is 6.56. The van der Waals surface area contributed by atoms with Crippen molar-refractivity contribution in [2.24, 2.45) is 0 Å². The molecular formula is C28H23F3N2O4. The van der Waals surface area contributed by atoms with Crippen molar-refractivity contribution in [3.8, 4) is 0 Å². The van der Waals surface area contributed by atoms with Gasteiger partial charge in [-0.15, -0.1) is 0 Å². The average Bonchev–Trinajstić information content (AvgIpc) is 3.26. The van der Waals surface area contributed by atoms with Gasteiger partial charge in [0.15, 0.2) is 5.43 Å². The first-order valence-corrected chi connectivity index (χ1v) is 11.6. The van der Waals surface area contributed by atoms with Crippen LogP contribution in [0, 0.1) is 6.92 Å². The van der Waals surface area contributed by atoms with E-state index in [4.69, 9.17) is 4.42 Å². The Morgan fingerprint density at radius 3 is 2.51 bits per heavy atom. The predicted molar refractivity (Wildman–Crippen MR) is 134 cm³/mol. The highest BCUT2D eigenvalue weighted by Gasteiger charge is 2.33. The minimum absolute atomic E-state index is 0.0236. The molecule has 3 aromatic carbocycles. The average molecular weight is 508 g/mol.